The molecule has 6 heteroatoms. The van der Waals surface area contributed by atoms with Crippen LogP contribution in [0.5, 0.6) is 0 Å². The molecule has 0 radical (unpaired) electrons. The minimum atomic E-state index is -0.0104. The number of carbonyl (C=O) groups is 1. The van der Waals surface area contributed by atoms with Crippen LogP contribution in [0.25, 0.3) is 11.1 Å². The van der Waals surface area contributed by atoms with E-state index in [1.165, 1.54) is 0 Å². The molecule has 2 aliphatic rings. The average Bonchev–Trinajstić information content (AvgIpc) is 3.31. The number of carbonyl (C=O) groups excluding carboxylic acids is 1. The van der Waals surface area contributed by atoms with Crippen LogP contribution in [0.3, 0.4) is 0 Å². The van der Waals surface area contributed by atoms with Crippen LogP contribution in [0.2, 0.25) is 0 Å². The first-order valence-corrected chi connectivity index (χ1v) is 9.23. The van der Waals surface area contributed by atoms with Crippen LogP contribution < -0.4 is 5.32 Å². The van der Waals surface area contributed by atoms with Gasteiger partial charge in [-0.2, -0.15) is 0 Å². The van der Waals surface area contributed by atoms with E-state index in [1.807, 2.05) is 36.1 Å². The summed E-state index contributed by atoms with van der Waals surface area (Å²) in [5.74, 6) is 0.899. The van der Waals surface area contributed by atoms with Crippen molar-refractivity contribution in [3.63, 3.8) is 0 Å². The number of fused-ring (bicyclic) bond motifs is 1. The van der Waals surface area contributed by atoms with E-state index < -0.39 is 0 Å². The maximum Gasteiger partial charge on any atom is 0.317 e. The van der Waals surface area contributed by atoms with E-state index in [0.29, 0.717) is 6.54 Å². The van der Waals surface area contributed by atoms with E-state index in [-0.39, 0.29) is 24.1 Å². The number of nitrogens with zero attached hydrogens (tertiary/aromatic N) is 2. The summed E-state index contributed by atoms with van der Waals surface area (Å²) in [7, 11) is 0. The summed E-state index contributed by atoms with van der Waals surface area (Å²) in [6, 6.07) is 7.83. The first-order chi connectivity index (χ1) is 12.2. The summed E-state index contributed by atoms with van der Waals surface area (Å²) in [5.41, 5.74) is 1.69. The second-order valence-corrected chi connectivity index (χ2v) is 7.09. The van der Waals surface area contributed by atoms with Gasteiger partial charge in [0.25, 0.3) is 0 Å². The summed E-state index contributed by atoms with van der Waals surface area (Å²) in [4.78, 5) is 19.1. The molecule has 134 valence electrons. The van der Waals surface area contributed by atoms with Gasteiger partial charge < -0.3 is 19.4 Å². The summed E-state index contributed by atoms with van der Waals surface area (Å²) in [6.45, 7) is 4.25. The van der Waals surface area contributed by atoms with Gasteiger partial charge in [0.1, 0.15) is 5.52 Å². The van der Waals surface area contributed by atoms with Crippen molar-refractivity contribution < 1.29 is 13.9 Å². The summed E-state index contributed by atoms with van der Waals surface area (Å²) >= 11 is 0. The van der Waals surface area contributed by atoms with Crippen molar-refractivity contribution in [3.05, 3.63) is 30.2 Å². The largest absolute Gasteiger partial charge is 0.440 e. The molecule has 25 heavy (non-hydrogen) atoms. The highest BCUT2D eigenvalue weighted by atomic mass is 16.5. The third kappa shape index (κ3) is 3.49. The van der Waals surface area contributed by atoms with Crippen LogP contribution in [0, 0.1) is 0 Å². The Hall–Kier alpha value is -2.08. The summed E-state index contributed by atoms with van der Waals surface area (Å²) < 4.78 is 11.6. The molecule has 3 heterocycles. The number of rotatable bonds is 3. The fraction of sp³-hybridized carbons (Fsp3) is 0.579. The monoisotopic (exact) mass is 343 g/mol. The Morgan fingerprint density at radius 3 is 3.00 bits per heavy atom. The van der Waals surface area contributed by atoms with Crippen LogP contribution >= 0.6 is 0 Å². The van der Waals surface area contributed by atoms with Gasteiger partial charge in [-0.25, -0.2) is 9.78 Å². The number of hydrogen-bond acceptors (Lipinski definition) is 4. The molecule has 0 bridgehead atoms. The number of piperidine rings is 1. The molecule has 1 aromatic heterocycles. The lowest BCUT2D eigenvalue weighted by molar-refractivity contribution is 0.0821. The minimum absolute atomic E-state index is 0.0104. The van der Waals surface area contributed by atoms with Gasteiger partial charge in [-0.15, -0.1) is 0 Å². The maximum absolute atomic E-state index is 12.6. The molecule has 2 aromatic rings. The first-order valence-electron chi connectivity index (χ1n) is 9.23. The molecular weight excluding hydrogens is 318 g/mol. The lowest BCUT2D eigenvalue weighted by Gasteiger charge is -2.33. The molecule has 1 N–H and O–H groups in total. The van der Waals surface area contributed by atoms with Gasteiger partial charge in [-0.05, 0) is 44.7 Å². The van der Waals surface area contributed by atoms with E-state index in [2.05, 4.69) is 10.3 Å². The Morgan fingerprint density at radius 2 is 2.20 bits per heavy atom. The Kier molecular flexibility index (Phi) is 4.61. The lowest BCUT2D eigenvalue weighted by Crippen LogP contribution is -2.50. The molecule has 2 saturated heterocycles. The quantitative estimate of drug-likeness (QED) is 0.929. The molecule has 6 nitrogen and oxygen atoms in total. The van der Waals surface area contributed by atoms with Crippen molar-refractivity contribution in [3.8, 4) is 0 Å². The SMILES string of the molecule is C[C@H](NC(=O)N1CCC[C@H](c2nc3ccccc3o2)C1)[C@H]1CCCO1. The van der Waals surface area contributed by atoms with E-state index in [4.69, 9.17) is 9.15 Å². The van der Waals surface area contributed by atoms with Crippen molar-refractivity contribution in [2.75, 3.05) is 19.7 Å². The Labute approximate surface area is 147 Å². The molecule has 0 aliphatic carbocycles. The van der Waals surface area contributed by atoms with Crippen molar-refractivity contribution in [2.45, 2.75) is 50.7 Å². The zero-order valence-corrected chi connectivity index (χ0v) is 14.6. The average molecular weight is 343 g/mol. The standard InChI is InChI=1S/C19H25N3O3/c1-13(16-9-5-11-24-16)20-19(23)22-10-4-6-14(12-22)18-21-15-7-2-3-8-17(15)25-18/h2-3,7-8,13-14,16H,4-6,9-12H2,1H3,(H,20,23)/t13-,14-,16+/m0/s1. The zero-order valence-electron chi connectivity index (χ0n) is 14.6. The number of benzene rings is 1. The number of likely N-dealkylation sites (tertiary alicyclic amines) is 1. The number of nitrogens with one attached hydrogen (secondary N) is 1. The number of ether oxygens (including phenoxy) is 1. The molecular formula is C19H25N3O3. The number of aromatic nitrogens is 1. The van der Waals surface area contributed by atoms with E-state index >= 15 is 0 Å². The molecule has 0 unspecified atom stereocenters. The predicted molar refractivity (Wildman–Crippen MR) is 94.5 cm³/mol. The van der Waals surface area contributed by atoms with Crippen molar-refractivity contribution in [1.82, 2.24) is 15.2 Å². The zero-order chi connectivity index (χ0) is 17.2. The first kappa shape index (κ1) is 16.4. The third-order valence-electron chi connectivity index (χ3n) is 5.24. The van der Waals surface area contributed by atoms with Crippen LogP contribution in [0.1, 0.15) is 44.4 Å². The van der Waals surface area contributed by atoms with Crippen molar-refractivity contribution >= 4 is 17.1 Å². The second-order valence-electron chi connectivity index (χ2n) is 7.09. The second kappa shape index (κ2) is 7.04. The fourth-order valence-corrected chi connectivity index (χ4v) is 3.80. The molecule has 0 spiro atoms. The third-order valence-corrected chi connectivity index (χ3v) is 5.24. The highest BCUT2D eigenvalue weighted by Crippen LogP contribution is 2.29. The Morgan fingerprint density at radius 1 is 1.32 bits per heavy atom. The van der Waals surface area contributed by atoms with Gasteiger partial charge in [0.2, 0.25) is 0 Å². The van der Waals surface area contributed by atoms with Crippen molar-refractivity contribution in [2.24, 2.45) is 0 Å². The molecule has 4 rings (SSSR count). The highest BCUT2D eigenvalue weighted by Gasteiger charge is 2.30. The van der Waals surface area contributed by atoms with Crippen molar-refractivity contribution in [1.29, 1.82) is 0 Å². The smallest absolute Gasteiger partial charge is 0.317 e. The van der Waals surface area contributed by atoms with Gasteiger partial charge in [-0.1, -0.05) is 12.1 Å². The molecule has 2 aliphatic heterocycles. The topological polar surface area (TPSA) is 67.6 Å². The fourth-order valence-electron chi connectivity index (χ4n) is 3.80. The predicted octanol–water partition coefficient (Wildman–Crippen LogP) is 3.28. The summed E-state index contributed by atoms with van der Waals surface area (Å²) in [5, 5.41) is 3.10. The summed E-state index contributed by atoms with van der Waals surface area (Å²) in [6.07, 6.45) is 4.20. The number of oxazole rings is 1. The van der Waals surface area contributed by atoms with Gasteiger partial charge in [0.05, 0.1) is 18.1 Å². The van der Waals surface area contributed by atoms with E-state index in [9.17, 15) is 4.79 Å². The highest BCUT2D eigenvalue weighted by molar-refractivity contribution is 5.75. The van der Waals surface area contributed by atoms with E-state index in [1.54, 1.807) is 0 Å². The normalized spacial score (nSPS) is 25.2. The number of para-hydroxylation sites is 2. The number of hydrogen-bond donors (Lipinski definition) is 1. The molecule has 2 fully saturated rings. The molecule has 2 amide bonds. The minimum Gasteiger partial charge on any atom is -0.440 e. The van der Waals surface area contributed by atoms with Crippen LogP contribution in [-0.2, 0) is 4.74 Å². The van der Waals surface area contributed by atoms with Crippen LogP contribution in [0.4, 0.5) is 4.79 Å². The Bertz CT molecular complexity index is 705. The molecule has 0 saturated carbocycles. The van der Waals surface area contributed by atoms with Gasteiger partial charge in [-0.3, -0.25) is 0 Å². The van der Waals surface area contributed by atoms with Crippen LogP contribution in [0.15, 0.2) is 28.7 Å². The van der Waals surface area contributed by atoms with E-state index in [0.717, 1.165) is 55.8 Å². The number of amides is 2. The number of urea groups is 1. The molecule has 3 atom stereocenters. The van der Waals surface area contributed by atoms with Gasteiger partial charge >= 0.3 is 6.03 Å². The molecule has 1 aromatic carbocycles. The van der Waals surface area contributed by atoms with Gasteiger partial charge in [0, 0.05) is 19.7 Å². The Balaban J connectivity index is 1.40. The van der Waals surface area contributed by atoms with Crippen LogP contribution in [-0.4, -0.2) is 47.8 Å². The lowest BCUT2D eigenvalue weighted by atomic mass is 9.98. The van der Waals surface area contributed by atoms with Gasteiger partial charge in [0.15, 0.2) is 11.5 Å². The maximum atomic E-state index is 12.6.